The third kappa shape index (κ3) is 1.94. The van der Waals surface area contributed by atoms with Crippen LogP contribution in [0.4, 0.5) is 0 Å². The van der Waals surface area contributed by atoms with Crippen LogP contribution in [0.2, 0.25) is 0 Å². The zero-order valence-electron chi connectivity index (χ0n) is 7.01. The molecule has 2 atom stereocenters. The van der Waals surface area contributed by atoms with Crippen molar-refractivity contribution in [3.8, 4) is 0 Å². The maximum Gasteiger partial charge on any atom is 0.0926 e. The van der Waals surface area contributed by atoms with Gasteiger partial charge in [0.05, 0.1) is 12.6 Å². The molecule has 2 nitrogen and oxygen atoms in total. The first-order valence-corrected chi connectivity index (χ1v) is 4.89. The molecule has 1 saturated heterocycles. The van der Waals surface area contributed by atoms with Crippen molar-refractivity contribution in [2.45, 2.75) is 44.6 Å². The van der Waals surface area contributed by atoms with Gasteiger partial charge in [0.25, 0.3) is 0 Å². The lowest BCUT2D eigenvalue weighted by molar-refractivity contribution is -0.920. The highest BCUT2D eigenvalue weighted by atomic mass is 16.5. The van der Waals surface area contributed by atoms with Crippen LogP contribution in [0.5, 0.6) is 0 Å². The molecule has 1 aliphatic heterocycles. The first kappa shape index (κ1) is 7.56. The number of quaternary nitrogens is 1. The summed E-state index contributed by atoms with van der Waals surface area (Å²) in [6.07, 6.45) is 7.99. The van der Waals surface area contributed by atoms with E-state index in [0.717, 1.165) is 12.5 Å². The van der Waals surface area contributed by atoms with Crippen molar-refractivity contribution in [3.05, 3.63) is 5.21 Å². The van der Waals surface area contributed by atoms with E-state index in [0.29, 0.717) is 11.1 Å². The number of hydroxylamine groups is 2. The van der Waals surface area contributed by atoms with Crippen LogP contribution in [0.25, 0.3) is 0 Å². The highest BCUT2D eigenvalue weighted by Gasteiger charge is 2.27. The Balaban J connectivity index is 1.51. The van der Waals surface area contributed by atoms with Gasteiger partial charge in [-0.3, -0.25) is 0 Å². The maximum atomic E-state index is 10.9. The predicted molar refractivity (Wildman–Crippen MR) is 44.2 cm³/mol. The van der Waals surface area contributed by atoms with Gasteiger partial charge in [-0.2, -0.15) is 0 Å². The summed E-state index contributed by atoms with van der Waals surface area (Å²) in [5.41, 5.74) is 0. The smallest absolute Gasteiger partial charge is 0.0926 e. The van der Waals surface area contributed by atoms with E-state index < -0.39 is 0 Å². The molecule has 1 heterocycles. The summed E-state index contributed by atoms with van der Waals surface area (Å²) in [5, 5.41) is 11.5. The zero-order chi connectivity index (χ0) is 7.68. The van der Waals surface area contributed by atoms with Gasteiger partial charge in [0.1, 0.15) is 0 Å². The standard InChI is InChI=1S/C9H17NO/c11-10-7-6-9(10)3-1-2-8-4-5-8/h8-10H,1-7H2. The lowest BCUT2D eigenvalue weighted by Crippen LogP contribution is -3.17. The molecule has 2 unspecified atom stereocenters. The molecule has 2 fully saturated rings. The molecule has 1 saturated carbocycles. The highest BCUT2D eigenvalue weighted by Crippen LogP contribution is 2.34. The summed E-state index contributed by atoms with van der Waals surface area (Å²) >= 11 is 0. The van der Waals surface area contributed by atoms with Crippen molar-refractivity contribution < 1.29 is 5.06 Å². The largest absolute Gasteiger partial charge is 0.634 e. The Morgan fingerprint density at radius 1 is 1.18 bits per heavy atom. The molecule has 2 aliphatic rings. The maximum absolute atomic E-state index is 10.9. The average molecular weight is 155 g/mol. The number of hydrogen-bond donors (Lipinski definition) is 1. The van der Waals surface area contributed by atoms with Gasteiger partial charge in [-0.1, -0.05) is 19.3 Å². The summed E-state index contributed by atoms with van der Waals surface area (Å²) in [7, 11) is 0. The fraction of sp³-hybridized carbons (Fsp3) is 1.00. The second-order valence-electron chi connectivity index (χ2n) is 4.08. The third-order valence-electron chi connectivity index (χ3n) is 3.06. The molecule has 0 radical (unpaired) electrons. The van der Waals surface area contributed by atoms with Gasteiger partial charge in [0, 0.05) is 6.42 Å². The second-order valence-corrected chi connectivity index (χ2v) is 4.08. The first-order chi connectivity index (χ1) is 5.36. The molecule has 0 aromatic carbocycles. The van der Waals surface area contributed by atoms with E-state index in [9.17, 15) is 5.21 Å². The van der Waals surface area contributed by atoms with Crippen LogP contribution in [0.15, 0.2) is 0 Å². The Hall–Kier alpha value is -0.0800. The van der Waals surface area contributed by atoms with Gasteiger partial charge < -0.3 is 10.3 Å². The van der Waals surface area contributed by atoms with E-state index in [2.05, 4.69) is 0 Å². The first-order valence-electron chi connectivity index (χ1n) is 4.89. The van der Waals surface area contributed by atoms with Gasteiger partial charge in [0.2, 0.25) is 0 Å². The number of nitrogens with one attached hydrogen (secondary N) is 1. The van der Waals surface area contributed by atoms with Crippen LogP contribution in [0.3, 0.4) is 0 Å². The molecule has 0 aromatic rings. The predicted octanol–water partition coefficient (Wildman–Crippen LogP) is 0.722. The van der Waals surface area contributed by atoms with Crippen molar-refractivity contribution in [1.82, 2.24) is 0 Å². The van der Waals surface area contributed by atoms with Crippen molar-refractivity contribution in [3.63, 3.8) is 0 Å². The van der Waals surface area contributed by atoms with Crippen LogP contribution >= 0.6 is 0 Å². The lowest BCUT2D eigenvalue weighted by Gasteiger charge is -2.40. The van der Waals surface area contributed by atoms with E-state index in [1.54, 1.807) is 0 Å². The minimum Gasteiger partial charge on any atom is -0.634 e. The Bertz CT molecular complexity index is 134. The highest BCUT2D eigenvalue weighted by molar-refractivity contribution is 4.74. The summed E-state index contributed by atoms with van der Waals surface area (Å²) in [4.78, 5) is 0. The van der Waals surface area contributed by atoms with Crippen LogP contribution in [0.1, 0.15) is 38.5 Å². The Labute approximate surface area is 68.2 Å². The third-order valence-corrected chi connectivity index (χ3v) is 3.06. The van der Waals surface area contributed by atoms with Crippen LogP contribution < -0.4 is 5.06 Å². The minimum absolute atomic E-state index is 0.480. The quantitative estimate of drug-likeness (QED) is 0.595. The number of hydrogen-bond acceptors (Lipinski definition) is 1. The molecule has 0 bridgehead atoms. The molecular weight excluding hydrogens is 138 g/mol. The van der Waals surface area contributed by atoms with Crippen molar-refractivity contribution in [2.75, 3.05) is 6.54 Å². The lowest BCUT2D eigenvalue weighted by atomic mass is 9.99. The van der Waals surface area contributed by atoms with E-state index >= 15 is 0 Å². The molecule has 1 N–H and O–H groups in total. The van der Waals surface area contributed by atoms with Crippen molar-refractivity contribution >= 4 is 0 Å². The van der Waals surface area contributed by atoms with E-state index in [1.165, 1.54) is 38.5 Å². The van der Waals surface area contributed by atoms with Crippen molar-refractivity contribution in [1.29, 1.82) is 0 Å². The van der Waals surface area contributed by atoms with Gasteiger partial charge in [-0.15, -0.1) is 0 Å². The van der Waals surface area contributed by atoms with Crippen LogP contribution in [-0.2, 0) is 0 Å². The van der Waals surface area contributed by atoms with Gasteiger partial charge in [0.15, 0.2) is 0 Å². The van der Waals surface area contributed by atoms with E-state index in [-0.39, 0.29) is 0 Å². The average Bonchev–Trinajstić information content (AvgIpc) is 2.78. The van der Waals surface area contributed by atoms with E-state index in [1.807, 2.05) is 0 Å². The van der Waals surface area contributed by atoms with Gasteiger partial charge >= 0.3 is 0 Å². The summed E-state index contributed by atoms with van der Waals surface area (Å²) < 4.78 is 0. The molecule has 1 aliphatic carbocycles. The zero-order valence-corrected chi connectivity index (χ0v) is 7.01. The molecular formula is C9H17NO. The molecule has 11 heavy (non-hydrogen) atoms. The Kier molecular flexibility index (Phi) is 2.14. The van der Waals surface area contributed by atoms with Crippen molar-refractivity contribution in [2.24, 2.45) is 5.92 Å². The second kappa shape index (κ2) is 3.11. The Morgan fingerprint density at radius 2 is 2.00 bits per heavy atom. The fourth-order valence-corrected chi connectivity index (χ4v) is 1.83. The fourth-order valence-electron chi connectivity index (χ4n) is 1.83. The SMILES string of the molecule is [O-][NH+]1CCC1CCCC1CC1. The molecule has 0 amide bonds. The van der Waals surface area contributed by atoms with E-state index in [4.69, 9.17) is 0 Å². The monoisotopic (exact) mass is 155 g/mol. The summed E-state index contributed by atoms with van der Waals surface area (Å²) in [6.45, 7) is 0.869. The summed E-state index contributed by atoms with van der Waals surface area (Å²) in [5.74, 6) is 1.05. The normalized spacial score (nSPS) is 36.8. The van der Waals surface area contributed by atoms with Gasteiger partial charge in [-0.05, 0) is 18.8 Å². The molecule has 0 spiro atoms. The Morgan fingerprint density at radius 3 is 2.45 bits per heavy atom. The molecule has 64 valence electrons. The topological polar surface area (TPSA) is 27.5 Å². The molecule has 0 aromatic heterocycles. The molecule has 2 rings (SSSR count). The number of rotatable bonds is 4. The molecule has 2 heteroatoms. The van der Waals surface area contributed by atoms with Crippen LogP contribution in [-0.4, -0.2) is 12.6 Å². The van der Waals surface area contributed by atoms with Crippen LogP contribution in [0, 0.1) is 11.1 Å². The minimum atomic E-state index is 0.480. The van der Waals surface area contributed by atoms with Gasteiger partial charge in [-0.25, -0.2) is 0 Å². The summed E-state index contributed by atoms with van der Waals surface area (Å²) in [6, 6.07) is 0.480.